The van der Waals surface area contributed by atoms with E-state index in [0.29, 0.717) is 26.1 Å². The van der Waals surface area contributed by atoms with E-state index in [2.05, 4.69) is 71.3 Å². The van der Waals surface area contributed by atoms with E-state index in [9.17, 15) is 14.4 Å². The molecule has 0 aromatic rings. The Balaban J connectivity index is 4.89. The third-order valence-electron chi connectivity index (χ3n) is 13.0. The van der Waals surface area contributed by atoms with Crippen molar-refractivity contribution in [3.8, 4) is 0 Å². The van der Waals surface area contributed by atoms with Gasteiger partial charge in [0.05, 0.1) is 17.8 Å². The second-order valence-corrected chi connectivity index (χ2v) is 22.5. The largest absolute Gasteiger partial charge is 0.445 e. The zero-order valence-electron chi connectivity index (χ0n) is 45.6. The summed E-state index contributed by atoms with van der Waals surface area (Å²) < 4.78 is 23.0. The number of carbonyl (C=O) groups is 3. The summed E-state index contributed by atoms with van der Waals surface area (Å²) in [5.41, 5.74) is -1.51. The van der Waals surface area contributed by atoms with Gasteiger partial charge in [0.1, 0.15) is 6.61 Å². The summed E-state index contributed by atoms with van der Waals surface area (Å²) >= 11 is 0. The third kappa shape index (κ3) is 40.9. The van der Waals surface area contributed by atoms with Crippen molar-refractivity contribution in [3.63, 3.8) is 0 Å². The summed E-state index contributed by atoms with van der Waals surface area (Å²) in [7, 11) is 1.72. The zero-order chi connectivity index (χ0) is 49.4. The van der Waals surface area contributed by atoms with Gasteiger partial charge < -0.3 is 34.9 Å². The molecule has 0 aliphatic carbocycles. The number of ether oxygens (including phenoxy) is 4. The van der Waals surface area contributed by atoms with Crippen molar-refractivity contribution >= 4 is 18.1 Å². The predicted molar refractivity (Wildman–Crippen MR) is 278 cm³/mol. The molecule has 1 unspecified atom stereocenters. The minimum atomic E-state index is -1.30. The van der Waals surface area contributed by atoms with Crippen molar-refractivity contribution in [3.05, 3.63) is 0 Å². The van der Waals surface area contributed by atoms with Crippen LogP contribution in [0.4, 0.5) is 9.59 Å². The molecule has 0 aromatic heterocycles. The van der Waals surface area contributed by atoms with E-state index < -0.39 is 35.3 Å². The Morgan fingerprint density at radius 3 is 1.21 bits per heavy atom. The standard InChI is InChI=1S/C56H111N3O7/c1-12-14-16-18-20-22-24-26-28-29-31-33-35-37-39-41-44-58-52(62)66-49(46-64-51(61)57-43-40-38-36-34-32-30-27-25-23-21-19-17-15-13-2)50(60)59-54(5,6)47-53(3,4)48-56(9,10)65-45-42-55(7,8)63-11/h49H,12-48H2,1-11H3,(H,57,61)(H,58,62)(H,59,60). The van der Waals surface area contributed by atoms with Crippen molar-refractivity contribution in [2.24, 2.45) is 5.41 Å². The number of alkyl carbamates (subject to hydrolysis) is 2. The normalized spacial score (nSPS) is 12.8. The van der Waals surface area contributed by atoms with E-state index in [1.165, 1.54) is 154 Å². The summed E-state index contributed by atoms with van der Waals surface area (Å²) in [6.07, 6.45) is 37.9. The van der Waals surface area contributed by atoms with Crippen LogP contribution in [0.15, 0.2) is 0 Å². The van der Waals surface area contributed by atoms with Gasteiger partial charge in [0, 0.05) is 25.7 Å². The molecular formula is C56H111N3O7. The van der Waals surface area contributed by atoms with Gasteiger partial charge in [0.15, 0.2) is 0 Å². The van der Waals surface area contributed by atoms with Crippen molar-refractivity contribution < 1.29 is 33.3 Å². The molecule has 0 bridgehead atoms. The van der Waals surface area contributed by atoms with Gasteiger partial charge in [-0.2, -0.15) is 0 Å². The van der Waals surface area contributed by atoms with E-state index in [0.717, 1.165) is 51.4 Å². The van der Waals surface area contributed by atoms with E-state index >= 15 is 0 Å². The molecule has 0 rings (SSSR count). The van der Waals surface area contributed by atoms with Crippen LogP contribution < -0.4 is 16.0 Å². The highest BCUT2D eigenvalue weighted by Gasteiger charge is 2.37. The van der Waals surface area contributed by atoms with Gasteiger partial charge >= 0.3 is 12.2 Å². The fraction of sp³-hybridized carbons (Fsp3) is 0.946. The SMILES string of the molecule is CCCCCCCCCCCCCCCCCCNC(=O)OC(COC(=O)NCCCCCCCCCCCCCCCC)C(=O)NC(C)(C)CC(C)(C)CC(C)(C)OCCC(C)(C)OC. The van der Waals surface area contributed by atoms with Gasteiger partial charge in [0.25, 0.3) is 5.91 Å². The first-order valence-electron chi connectivity index (χ1n) is 27.7. The Labute approximate surface area is 408 Å². The van der Waals surface area contributed by atoms with Crippen molar-refractivity contribution in [2.45, 2.75) is 304 Å². The molecule has 0 heterocycles. The minimum Gasteiger partial charge on any atom is -0.445 e. The molecule has 0 spiro atoms. The van der Waals surface area contributed by atoms with E-state index in [-0.39, 0.29) is 17.6 Å². The lowest BCUT2D eigenvalue weighted by atomic mass is 9.73. The van der Waals surface area contributed by atoms with Gasteiger partial charge in [-0.15, -0.1) is 0 Å². The van der Waals surface area contributed by atoms with Crippen LogP contribution in [0.3, 0.4) is 0 Å². The molecule has 66 heavy (non-hydrogen) atoms. The van der Waals surface area contributed by atoms with Crippen LogP contribution in [0, 0.1) is 5.41 Å². The topological polar surface area (TPSA) is 124 Å². The number of nitrogens with one attached hydrogen (secondary N) is 3. The lowest BCUT2D eigenvalue weighted by Crippen LogP contribution is -2.53. The number of unbranched alkanes of at least 4 members (excludes halogenated alkanes) is 28. The van der Waals surface area contributed by atoms with Crippen LogP contribution in [-0.4, -0.2) is 74.4 Å². The Kier molecular flexibility index (Phi) is 38.5. The number of rotatable bonds is 46. The van der Waals surface area contributed by atoms with Crippen LogP contribution in [-0.2, 0) is 23.7 Å². The zero-order valence-corrected chi connectivity index (χ0v) is 45.6. The van der Waals surface area contributed by atoms with Gasteiger partial charge in [-0.3, -0.25) is 4.79 Å². The van der Waals surface area contributed by atoms with Gasteiger partial charge in [-0.05, 0) is 79.1 Å². The maximum Gasteiger partial charge on any atom is 0.408 e. The molecule has 0 aliphatic heterocycles. The highest BCUT2D eigenvalue weighted by Crippen LogP contribution is 2.37. The third-order valence-corrected chi connectivity index (χ3v) is 13.0. The van der Waals surface area contributed by atoms with Crippen LogP contribution in [0.2, 0.25) is 0 Å². The second-order valence-electron chi connectivity index (χ2n) is 22.5. The average Bonchev–Trinajstić information content (AvgIpc) is 3.23. The highest BCUT2D eigenvalue weighted by molar-refractivity contribution is 5.84. The Bertz CT molecular complexity index is 1170. The van der Waals surface area contributed by atoms with Crippen LogP contribution in [0.1, 0.15) is 281 Å². The molecule has 0 aromatic carbocycles. The molecule has 392 valence electrons. The first kappa shape index (κ1) is 63.9. The lowest BCUT2D eigenvalue weighted by molar-refractivity contribution is -0.133. The molecule has 0 radical (unpaired) electrons. The fourth-order valence-electron chi connectivity index (χ4n) is 9.51. The first-order valence-corrected chi connectivity index (χ1v) is 27.7. The van der Waals surface area contributed by atoms with Crippen molar-refractivity contribution in [1.82, 2.24) is 16.0 Å². The summed E-state index contributed by atoms with van der Waals surface area (Å²) in [5, 5.41) is 8.76. The molecule has 10 nitrogen and oxygen atoms in total. The molecule has 0 saturated heterocycles. The van der Waals surface area contributed by atoms with E-state index in [1.54, 1.807) is 7.11 Å². The van der Waals surface area contributed by atoms with E-state index in [4.69, 9.17) is 18.9 Å². The molecule has 3 amide bonds. The van der Waals surface area contributed by atoms with Crippen molar-refractivity contribution in [2.75, 3.05) is 33.4 Å². The highest BCUT2D eigenvalue weighted by atomic mass is 16.6. The van der Waals surface area contributed by atoms with Crippen LogP contribution in [0.5, 0.6) is 0 Å². The molecule has 0 aliphatic rings. The summed E-state index contributed by atoms with van der Waals surface area (Å²) in [4.78, 5) is 39.6. The van der Waals surface area contributed by atoms with E-state index in [1.807, 2.05) is 13.8 Å². The maximum absolute atomic E-state index is 13.8. The summed E-state index contributed by atoms with van der Waals surface area (Å²) in [5.74, 6) is -0.495. The minimum absolute atomic E-state index is 0.207. The number of carbonyl (C=O) groups excluding carboxylic acids is 3. The first-order chi connectivity index (χ1) is 31.4. The summed E-state index contributed by atoms with van der Waals surface area (Å²) in [6.45, 7) is 22.3. The van der Waals surface area contributed by atoms with Crippen LogP contribution >= 0.6 is 0 Å². The monoisotopic (exact) mass is 938 g/mol. The number of amides is 3. The Morgan fingerprint density at radius 2 is 0.833 bits per heavy atom. The Hall–Kier alpha value is -2.07. The average molecular weight is 939 g/mol. The Morgan fingerprint density at radius 1 is 0.470 bits per heavy atom. The lowest BCUT2D eigenvalue weighted by Gasteiger charge is -2.41. The van der Waals surface area contributed by atoms with Gasteiger partial charge in [-0.25, -0.2) is 9.59 Å². The van der Waals surface area contributed by atoms with Gasteiger partial charge in [0.2, 0.25) is 6.10 Å². The summed E-state index contributed by atoms with van der Waals surface area (Å²) in [6, 6.07) is 0. The molecule has 3 N–H and O–H groups in total. The van der Waals surface area contributed by atoms with Crippen molar-refractivity contribution in [1.29, 1.82) is 0 Å². The molecule has 10 heteroatoms. The molecule has 0 fully saturated rings. The second kappa shape index (κ2) is 39.7. The van der Waals surface area contributed by atoms with Crippen LogP contribution in [0.25, 0.3) is 0 Å². The molecule has 0 saturated carbocycles. The maximum atomic E-state index is 13.8. The number of hydrogen-bond acceptors (Lipinski definition) is 7. The van der Waals surface area contributed by atoms with Gasteiger partial charge in [-0.1, -0.05) is 207 Å². The quantitative estimate of drug-likeness (QED) is 0.0519. The molecular weight excluding hydrogens is 827 g/mol. The number of hydrogen-bond donors (Lipinski definition) is 3. The molecule has 1 atom stereocenters. The fourth-order valence-corrected chi connectivity index (χ4v) is 9.51. The number of methoxy groups -OCH3 is 1. The predicted octanol–water partition coefficient (Wildman–Crippen LogP) is 15.9. The smallest absolute Gasteiger partial charge is 0.408 e.